The summed E-state index contributed by atoms with van der Waals surface area (Å²) in [5.41, 5.74) is 3.20. The maximum absolute atomic E-state index is 12.9. The van der Waals surface area contributed by atoms with Crippen LogP contribution in [0.1, 0.15) is 22.1 Å². The third-order valence-electron chi connectivity index (χ3n) is 4.81. The lowest BCUT2D eigenvalue weighted by molar-refractivity contribution is -0.126. The highest BCUT2D eigenvalue weighted by Crippen LogP contribution is 2.42. The van der Waals surface area contributed by atoms with Crippen molar-refractivity contribution in [1.82, 2.24) is 4.90 Å². The largest absolute Gasteiger partial charge is 0.489 e. The number of thioether (sulfide) groups is 1. The fourth-order valence-corrected chi connectivity index (χ4v) is 4.62. The van der Waals surface area contributed by atoms with E-state index in [0.717, 1.165) is 34.7 Å². The second-order valence-corrected chi connectivity index (χ2v) is 8.00. The van der Waals surface area contributed by atoms with Crippen LogP contribution in [0.15, 0.2) is 91.0 Å². The third kappa shape index (κ3) is 4.90. The number of hydrogen-bond acceptors (Lipinski definition) is 3. The van der Waals surface area contributed by atoms with Crippen molar-refractivity contribution in [2.24, 2.45) is 0 Å². The molecule has 1 aliphatic rings. The summed E-state index contributed by atoms with van der Waals surface area (Å²) in [6, 6.07) is 28.1. The van der Waals surface area contributed by atoms with Crippen LogP contribution in [-0.4, -0.2) is 23.1 Å². The molecule has 0 unspecified atom stereocenters. The van der Waals surface area contributed by atoms with Gasteiger partial charge < -0.3 is 9.64 Å². The van der Waals surface area contributed by atoms with E-state index in [0.29, 0.717) is 6.61 Å². The van der Waals surface area contributed by atoms with Gasteiger partial charge in [-0.2, -0.15) is 0 Å². The van der Waals surface area contributed by atoms with E-state index in [4.69, 9.17) is 4.74 Å². The summed E-state index contributed by atoms with van der Waals surface area (Å²) >= 11 is 1.78. The average molecular weight is 402 g/mol. The van der Waals surface area contributed by atoms with Crippen molar-refractivity contribution in [3.63, 3.8) is 0 Å². The molecule has 0 saturated carbocycles. The van der Waals surface area contributed by atoms with E-state index in [1.54, 1.807) is 17.8 Å². The molecule has 29 heavy (non-hydrogen) atoms. The van der Waals surface area contributed by atoms with Gasteiger partial charge in [0.25, 0.3) is 0 Å². The Morgan fingerprint density at radius 3 is 2.45 bits per heavy atom. The number of nitrogens with zero attached hydrogens (tertiary/aromatic N) is 1. The third-order valence-corrected chi connectivity index (χ3v) is 6.06. The molecule has 3 aromatic carbocycles. The van der Waals surface area contributed by atoms with E-state index in [1.165, 1.54) is 0 Å². The molecule has 0 spiro atoms. The van der Waals surface area contributed by atoms with Crippen molar-refractivity contribution in [2.75, 3.05) is 12.3 Å². The summed E-state index contributed by atoms with van der Waals surface area (Å²) in [6.45, 7) is 1.25. The molecule has 4 heteroatoms. The van der Waals surface area contributed by atoms with E-state index in [-0.39, 0.29) is 11.3 Å². The Labute approximate surface area is 176 Å². The number of carbonyl (C=O) groups excluding carboxylic acids is 1. The molecule has 1 fully saturated rings. The number of ether oxygens (including phenoxy) is 1. The number of carbonyl (C=O) groups is 1. The highest BCUT2D eigenvalue weighted by molar-refractivity contribution is 7.99. The Morgan fingerprint density at radius 2 is 1.66 bits per heavy atom. The van der Waals surface area contributed by atoms with Crippen molar-refractivity contribution in [3.8, 4) is 5.75 Å². The van der Waals surface area contributed by atoms with Crippen LogP contribution in [0.5, 0.6) is 5.75 Å². The number of para-hydroxylation sites is 1. The fourth-order valence-electron chi connectivity index (χ4n) is 3.33. The fraction of sp³-hybridized carbons (Fsp3) is 0.160. The molecule has 1 saturated heterocycles. The summed E-state index contributed by atoms with van der Waals surface area (Å²) < 4.78 is 6.12. The van der Waals surface area contributed by atoms with Crippen LogP contribution in [0, 0.1) is 0 Å². The first-order valence-electron chi connectivity index (χ1n) is 9.72. The zero-order valence-electron chi connectivity index (χ0n) is 16.1. The molecule has 0 radical (unpaired) electrons. The number of rotatable bonds is 6. The standard InChI is InChI=1S/C25H23NO2S/c27-24(16-15-20-9-3-1-4-10-20)26-17-18-29-25(26)22-13-7-8-14-23(22)28-19-21-11-5-2-6-12-21/h1-16,25H,17-19H2/b16-15+/t25-/m1/s1. The summed E-state index contributed by atoms with van der Waals surface area (Å²) in [7, 11) is 0. The summed E-state index contributed by atoms with van der Waals surface area (Å²) in [6.07, 6.45) is 3.54. The van der Waals surface area contributed by atoms with Gasteiger partial charge in [-0.05, 0) is 23.3 Å². The van der Waals surface area contributed by atoms with Gasteiger partial charge in [-0.15, -0.1) is 11.8 Å². The van der Waals surface area contributed by atoms with Crippen LogP contribution in [0.3, 0.4) is 0 Å². The Bertz CT molecular complexity index is 972. The highest BCUT2D eigenvalue weighted by atomic mass is 32.2. The van der Waals surface area contributed by atoms with Gasteiger partial charge >= 0.3 is 0 Å². The minimum atomic E-state index is -0.0325. The number of benzene rings is 3. The van der Waals surface area contributed by atoms with Gasteiger partial charge in [-0.3, -0.25) is 4.79 Å². The molecule has 0 aromatic heterocycles. The second-order valence-electron chi connectivity index (χ2n) is 6.81. The van der Waals surface area contributed by atoms with Crippen LogP contribution >= 0.6 is 11.8 Å². The lowest BCUT2D eigenvalue weighted by Gasteiger charge is -2.24. The molecule has 4 rings (SSSR count). The minimum Gasteiger partial charge on any atom is -0.489 e. The van der Waals surface area contributed by atoms with Crippen molar-refractivity contribution >= 4 is 23.7 Å². The average Bonchev–Trinajstić information content (AvgIpc) is 3.27. The Balaban J connectivity index is 1.50. The Kier molecular flexibility index (Phi) is 6.32. The highest BCUT2D eigenvalue weighted by Gasteiger charge is 2.31. The maximum atomic E-state index is 12.9. The van der Waals surface area contributed by atoms with Crippen molar-refractivity contribution in [1.29, 1.82) is 0 Å². The van der Waals surface area contributed by atoms with Gasteiger partial charge in [-0.25, -0.2) is 0 Å². The van der Waals surface area contributed by atoms with Crippen molar-refractivity contribution in [3.05, 3.63) is 108 Å². The van der Waals surface area contributed by atoms with Crippen LogP contribution < -0.4 is 4.74 Å². The van der Waals surface area contributed by atoms with E-state index in [9.17, 15) is 4.79 Å². The number of hydrogen-bond donors (Lipinski definition) is 0. The van der Waals surface area contributed by atoms with Gasteiger partial charge in [-0.1, -0.05) is 78.9 Å². The van der Waals surface area contributed by atoms with Crippen molar-refractivity contribution < 1.29 is 9.53 Å². The van der Waals surface area contributed by atoms with Crippen LogP contribution in [0.4, 0.5) is 0 Å². The first-order chi connectivity index (χ1) is 14.3. The van der Waals surface area contributed by atoms with Crippen LogP contribution in [0.2, 0.25) is 0 Å². The first kappa shape index (κ1) is 19.3. The Morgan fingerprint density at radius 1 is 0.966 bits per heavy atom. The second kappa shape index (κ2) is 9.48. The van der Waals surface area contributed by atoms with Gasteiger partial charge in [0.2, 0.25) is 5.91 Å². The molecular weight excluding hydrogens is 378 g/mol. The topological polar surface area (TPSA) is 29.5 Å². The number of amides is 1. The quantitative estimate of drug-likeness (QED) is 0.507. The molecule has 3 aromatic rings. The molecule has 1 atom stereocenters. The lowest BCUT2D eigenvalue weighted by Crippen LogP contribution is -2.29. The zero-order chi connectivity index (χ0) is 19.9. The summed E-state index contributed by atoms with van der Waals surface area (Å²) in [5, 5.41) is -0.0325. The van der Waals surface area contributed by atoms with Crippen molar-refractivity contribution in [2.45, 2.75) is 12.0 Å². The molecule has 0 N–H and O–H groups in total. The summed E-state index contributed by atoms with van der Waals surface area (Å²) in [5.74, 6) is 1.78. The molecule has 146 valence electrons. The molecule has 1 heterocycles. The molecule has 0 aliphatic carbocycles. The van der Waals surface area contributed by atoms with E-state index < -0.39 is 0 Å². The molecule has 1 amide bonds. The molecule has 0 bridgehead atoms. The van der Waals surface area contributed by atoms with Crippen LogP contribution in [0.25, 0.3) is 6.08 Å². The van der Waals surface area contributed by atoms with Gasteiger partial charge in [0.15, 0.2) is 0 Å². The van der Waals surface area contributed by atoms with Gasteiger partial charge in [0.05, 0.1) is 0 Å². The van der Waals surface area contributed by atoms with Gasteiger partial charge in [0, 0.05) is 23.9 Å². The SMILES string of the molecule is O=C(/C=C/c1ccccc1)N1CCS[C@@H]1c1ccccc1OCc1ccccc1. The van der Waals surface area contributed by atoms with E-state index >= 15 is 0 Å². The zero-order valence-corrected chi connectivity index (χ0v) is 16.9. The lowest BCUT2D eigenvalue weighted by atomic mass is 10.1. The predicted molar refractivity (Wildman–Crippen MR) is 120 cm³/mol. The van der Waals surface area contributed by atoms with E-state index in [2.05, 4.69) is 18.2 Å². The maximum Gasteiger partial charge on any atom is 0.247 e. The summed E-state index contributed by atoms with van der Waals surface area (Å²) in [4.78, 5) is 14.8. The monoisotopic (exact) mass is 401 g/mol. The van der Waals surface area contributed by atoms with Gasteiger partial charge in [0.1, 0.15) is 17.7 Å². The molecule has 1 aliphatic heterocycles. The van der Waals surface area contributed by atoms with E-state index in [1.807, 2.05) is 77.7 Å². The predicted octanol–water partition coefficient (Wildman–Crippen LogP) is 5.55. The minimum absolute atomic E-state index is 0.0294. The molecular formula is C25H23NO2S. The molecule has 3 nitrogen and oxygen atoms in total. The smallest absolute Gasteiger partial charge is 0.247 e. The Hall–Kier alpha value is -2.98. The first-order valence-corrected chi connectivity index (χ1v) is 10.8. The normalized spacial score (nSPS) is 16.3. The van der Waals surface area contributed by atoms with Crippen LogP contribution in [-0.2, 0) is 11.4 Å².